The van der Waals surface area contributed by atoms with Crippen molar-refractivity contribution in [1.82, 2.24) is 0 Å². The predicted octanol–water partition coefficient (Wildman–Crippen LogP) is 1.60. The minimum atomic E-state index is 0.698. The standard InChI is InChI=1S/C3H5BrSe/c1-5-3-2-4/h2-3H,1H3/b3-2+. The predicted molar refractivity (Wildman–Crippen MR) is 29.7 cm³/mol. The van der Waals surface area contributed by atoms with E-state index in [1.165, 1.54) is 0 Å². The van der Waals surface area contributed by atoms with Crippen LogP contribution in [0.25, 0.3) is 0 Å². The van der Waals surface area contributed by atoms with Gasteiger partial charge < -0.3 is 0 Å². The van der Waals surface area contributed by atoms with Gasteiger partial charge in [0.15, 0.2) is 0 Å². The van der Waals surface area contributed by atoms with E-state index < -0.39 is 0 Å². The van der Waals surface area contributed by atoms with Crippen molar-refractivity contribution in [2.75, 3.05) is 0 Å². The van der Waals surface area contributed by atoms with Crippen molar-refractivity contribution in [3.8, 4) is 0 Å². The Morgan fingerprint density at radius 2 is 2.40 bits per heavy atom. The molecule has 0 aromatic carbocycles. The summed E-state index contributed by atoms with van der Waals surface area (Å²) in [6, 6.07) is 0. The summed E-state index contributed by atoms with van der Waals surface area (Å²) in [5.74, 6) is 2.16. The fourth-order valence-corrected chi connectivity index (χ4v) is 1.39. The van der Waals surface area contributed by atoms with E-state index in [0.29, 0.717) is 15.0 Å². The summed E-state index contributed by atoms with van der Waals surface area (Å²) in [5, 5.41) is 0. The van der Waals surface area contributed by atoms with E-state index in [1.54, 1.807) is 0 Å². The maximum absolute atomic E-state index is 3.14. The van der Waals surface area contributed by atoms with Crippen LogP contribution < -0.4 is 0 Å². The first-order chi connectivity index (χ1) is 2.41. The molecule has 0 aromatic rings. The monoisotopic (exact) mass is 200 g/mol. The molecule has 0 aliphatic heterocycles. The molecule has 30 valence electrons. The van der Waals surface area contributed by atoms with Gasteiger partial charge in [0.1, 0.15) is 0 Å². The fraction of sp³-hybridized carbons (Fsp3) is 0.333. The fourth-order valence-electron chi connectivity index (χ4n) is 0.0514. The van der Waals surface area contributed by atoms with Crippen LogP contribution in [0.3, 0.4) is 0 Å². The molecule has 0 spiro atoms. The van der Waals surface area contributed by atoms with Crippen LogP contribution in [0, 0.1) is 0 Å². The Morgan fingerprint density at radius 3 is 2.40 bits per heavy atom. The van der Waals surface area contributed by atoms with Crippen molar-refractivity contribution in [1.29, 1.82) is 0 Å². The van der Waals surface area contributed by atoms with Crippen LogP contribution in [0.15, 0.2) is 9.96 Å². The van der Waals surface area contributed by atoms with E-state index in [1.807, 2.05) is 4.99 Å². The van der Waals surface area contributed by atoms with E-state index in [2.05, 4.69) is 26.7 Å². The van der Waals surface area contributed by atoms with Crippen LogP contribution in [-0.4, -0.2) is 15.0 Å². The molecule has 0 rings (SSSR count). The zero-order valence-corrected chi connectivity index (χ0v) is 6.24. The molecule has 0 saturated heterocycles. The van der Waals surface area contributed by atoms with Crippen LogP contribution in [0.4, 0.5) is 0 Å². The Balaban J connectivity index is 2.62. The first-order valence-corrected chi connectivity index (χ1v) is 4.81. The summed E-state index contributed by atoms with van der Waals surface area (Å²) in [7, 11) is 0. The quantitative estimate of drug-likeness (QED) is 0.564. The molecule has 0 unspecified atom stereocenters. The van der Waals surface area contributed by atoms with Gasteiger partial charge in [-0.1, -0.05) is 0 Å². The normalized spacial score (nSPS) is 10.0. The zero-order valence-electron chi connectivity index (χ0n) is 2.94. The number of rotatable bonds is 1. The summed E-state index contributed by atoms with van der Waals surface area (Å²) in [6.07, 6.45) is 0. The van der Waals surface area contributed by atoms with Gasteiger partial charge in [0.25, 0.3) is 0 Å². The van der Waals surface area contributed by atoms with E-state index in [0.717, 1.165) is 0 Å². The molecule has 0 heterocycles. The summed E-state index contributed by atoms with van der Waals surface area (Å²) < 4.78 is 0. The van der Waals surface area contributed by atoms with Crippen molar-refractivity contribution in [2.24, 2.45) is 0 Å². The third-order valence-corrected chi connectivity index (χ3v) is 2.10. The Bertz CT molecular complexity index is 33.9. The number of halogens is 1. The Labute approximate surface area is 46.9 Å². The Hall–Kier alpha value is 0.739. The molecule has 0 aliphatic rings. The van der Waals surface area contributed by atoms with Gasteiger partial charge in [-0.05, 0) is 0 Å². The SMILES string of the molecule is C[Se]/C=C/Br. The second-order valence-electron chi connectivity index (χ2n) is 0.498. The first-order valence-electron chi connectivity index (χ1n) is 1.20. The zero-order chi connectivity index (χ0) is 4.12. The average Bonchev–Trinajstić information content (AvgIpc) is 1.41. The molecule has 0 amide bonds. The van der Waals surface area contributed by atoms with Gasteiger partial charge in [0.2, 0.25) is 0 Å². The molecule has 0 bridgehead atoms. The van der Waals surface area contributed by atoms with E-state index in [4.69, 9.17) is 0 Å². The molecule has 0 N–H and O–H groups in total. The van der Waals surface area contributed by atoms with E-state index in [-0.39, 0.29) is 0 Å². The molecule has 0 aliphatic carbocycles. The summed E-state index contributed by atoms with van der Waals surface area (Å²) >= 11 is 3.84. The van der Waals surface area contributed by atoms with Crippen molar-refractivity contribution in [2.45, 2.75) is 5.82 Å². The van der Waals surface area contributed by atoms with Gasteiger partial charge in [0, 0.05) is 0 Å². The van der Waals surface area contributed by atoms with Crippen molar-refractivity contribution in [3.05, 3.63) is 9.96 Å². The van der Waals surface area contributed by atoms with Gasteiger partial charge in [0.05, 0.1) is 0 Å². The maximum atomic E-state index is 3.14. The molecular formula is C3H5BrSe. The van der Waals surface area contributed by atoms with Gasteiger partial charge in [-0.25, -0.2) is 0 Å². The third kappa shape index (κ3) is 4.74. The van der Waals surface area contributed by atoms with Crippen LogP contribution in [-0.2, 0) is 0 Å². The molecule has 0 saturated carbocycles. The molecule has 0 fully saturated rings. The van der Waals surface area contributed by atoms with Gasteiger partial charge in [-0.3, -0.25) is 0 Å². The summed E-state index contributed by atoms with van der Waals surface area (Å²) in [4.78, 5) is 4.00. The molecule has 0 nitrogen and oxygen atoms in total. The average molecular weight is 200 g/mol. The van der Waals surface area contributed by atoms with Crippen molar-refractivity contribution >= 4 is 30.9 Å². The minimum absolute atomic E-state index is 0.698. The summed E-state index contributed by atoms with van der Waals surface area (Å²) in [5.41, 5.74) is 0. The molecular weight excluding hydrogens is 195 g/mol. The second kappa shape index (κ2) is 4.74. The molecule has 0 atom stereocenters. The number of hydrogen-bond donors (Lipinski definition) is 0. The topological polar surface area (TPSA) is 0 Å². The molecule has 2 heteroatoms. The van der Waals surface area contributed by atoms with Crippen LogP contribution in [0.1, 0.15) is 0 Å². The van der Waals surface area contributed by atoms with E-state index >= 15 is 0 Å². The molecule has 0 aromatic heterocycles. The Morgan fingerprint density at radius 1 is 1.80 bits per heavy atom. The molecule has 0 radical (unpaired) electrons. The van der Waals surface area contributed by atoms with Crippen LogP contribution in [0.2, 0.25) is 5.82 Å². The van der Waals surface area contributed by atoms with Crippen molar-refractivity contribution in [3.63, 3.8) is 0 Å². The van der Waals surface area contributed by atoms with Crippen LogP contribution >= 0.6 is 15.9 Å². The third-order valence-electron chi connectivity index (χ3n) is 0.188. The number of hydrogen-bond acceptors (Lipinski definition) is 0. The van der Waals surface area contributed by atoms with Gasteiger partial charge in [-0.15, -0.1) is 0 Å². The first kappa shape index (κ1) is 5.74. The Kier molecular flexibility index (Phi) is 5.44. The van der Waals surface area contributed by atoms with Crippen molar-refractivity contribution < 1.29 is 0 Å². The van der Waals surface area contributed by atoms with Crippen LogP contribution in [0.5, 0.6) is 0 Å². The van der Waals surface area contributed by atoms with Gasteiger partial charge >= 0.3 is 46.7 Å². The second-order valence-corrected chi connectivity index (χ2v) is 2.59. The van der Waals surface area contributed by atoms with Gasteiger partial charge in [-0.2, -0.15) is 0 Å². The van der Waals surface area contributed by atoms with E-state index in [9.17, 15) is 0 Å². The molecule has 5 heavy (non-hydrogen) atoms. The summed E-state index contributed by atoms with van der Waals surface area (Å²) in [6.45, 7) is 0.